The first-order valence-corrected chi connectivity index (χ1v) is 5.78. The molecule has 1 aliphatic rings. The number of hydrogen-bond acceptors (Lipinski definition) is 4. The second-order valence-corrected chi connectivity index (χ2v) is 4.64. The third kappa shape index (κ3) is 2.35. The molecule has 0 radical (unpaired) electrons. The largest absolute Gasteiger partial charge is 0.479 e. The predicted octanol–water partition coefficient (Wildman–Crippen LogP) is 1.66. The van der Waals surface area contributed by atoms with E-state index in [1.807, 2.05) is 0 Å². The van der Waals surface area contributed by atoms with Gasteiger partial charge in [0.15, 0.2) is 6.10 Å². The van der Waals surface area contributed by atoms with Gasteiger partial charge < -0.3 is 9.84 Å². The summed E-state index contributed by atoms with van der Waals surface area (Å²) in [6.45, 7) is 0. The molecule has 0 saturated heterocycles. The smallest absolute Gasteiger partial charge is 0.333 e. The molecule has 82 valence electrons. The number of nitrogens with zero attached hydrogens (tertiary/aromatic N) is 1. The molecular weight excluding hydrogens is 214 g/mol. The van der Waals surface area contributed by atoms with Crippen LogP contribution in [0.2, 0.25) is 0 Å². The lowest BCUT2D eigenvalue weighted by Crippen LogP contribution is -2.24. The zero-order valence-electron chi connectivity index (χ0n) is 8.47. The van der Waals surface area contributed by atoms with Crippen molar-refractivity contribution >= 4 is 17.3 Å². The first-order chi connectivity index (χ1) is 7.22. The van der Waals surface area contributed by atoms with E-state index in [0.717, 1.165) is 10.6 Å². The van der Waals surface area contributed by atoms with Crippen molar-refractivity contribution in [3.05, 3.63) is 16.1 Å². The van der Waals surface area contributed by atoms with E-state index in [1.165, 1.54) is 31.3 Å². The van der Waals surface area contributed by atoms with Gasteiger partial charge in [0.2, 0.25) is 0 Å². The molecule has 1 fully saturated rings. The van der Waals surface area contributed by atoms with E-state index in [2.05, 4.69) is 4.98 Å². The minimum Gasteiger partial charge on any atom is -0.479 e. The summed E-state index contributed by atoms with van der Waals surface area (Å²) in [5.41, 5.74) is 2.88. The number of carboxylic acid groups (broad SMARTS) is 1. The number of thiazole rings is 1. The van der Waals surface area contributed by atoms with E-state index in [-0.39, 0.29) is 0 Å². The summed E-state index contributed by atoms with van der Waals surface area (Å²) in [5.74, 6) is -0.342. The van der Waals surface area contributed by atoms with Crippen LogP contribution in [-0.4, -0.2) is 29.3 Å². The van der Waals surface area contributed by atoms with Gasteiger partial charge >= 0.3 is 5.97 Å². The summed E-state index contributed by atoms with van der Waals surface area (Å²) in [4.78, 5) is 16.2. The third-order valence-electron chi connectivity index (χ3n) is 2.57. The fourth-order valence-corrected chi connectivity index (χ4v) is 2.44. The van der Waals surface area contributed by atoms with Crippen LogP contribution in [0.15, 0.2) is 5.51 Å². The maximum absolute atomic E-state index is 10.8. The maximum Gasteiger partial charge on any atom is 0.333 e. The number of aromatic nitrogens is 1. The first kappa shape index (κ1) is 10.6. The van der Waals surface area contributed by atoms with Gasteiger partial charge in [0.05, 0.1) is 11.2 Å². The molecule has 0 aliphatic heterocycles. The number of methoxy groups -OCH3 is 1. The van der Waals surface area contributed by atoms with Gasteiger partial charge in [-0.1, -0.05) is 0 Å². The van der Waals surface area contributed by atoms with Gasteiger partial charge in [-0.05, 0) is 12.8 Å². The highest BCUT2D eigenvalue weighted by Crippen LogP contribution is 2.42. The fourth-order valence-electron chi connectivity index (χ4n) is 1.56. The number of carbonyl (C=O) groups is 1. The zero-order valence-corrected chi connectivity index (χ0v) is 9.29. The van der Waals surface area contributed by atoms with Gasteiger partial charge in [0, 0.05) is 24.3 Å². The SMILES string of the molecule is COC(Cc1scnc1C1CC1)C(=O)O. The Bertz CT molecular complexity index is 359. The Morgan fingerprint density at radius 3 is 3.07 bits per heavy atom. The molecule has 15 heavy (non-hydrogen) atoms. The molecule has 1 heterocycles. The van der Waals surface area contributed by atoms with E-state index in [1.54, 1.807) is 5.51 Å². The third-order valence-corrected chi connectivity index (χ3v) is 3.44. The Hall–Kier alpha value is -0.940. The topological polar surface area (TPSA) is 59.4 Å². The second kappa shape index (κ2) is 4.28. The van der Waals surface area contributed by atoms with Gasteiger partial charge in [-0.2, -0.15) is 0 Å². The van der Waals surface area contributed by atoms with Crippen molar-refractivity contribution in [1.29, 1.82) is 0 Å². The Morgan fingerprint density at radius 1 is 1.80 bits per heavy atom. The molecule has 1 aromatic heterocycles. The van der Waals surface area contributed by atoms with Crippen LogP contribution in [0.4, 0.5) is 0 Å². The van der Waals surface area contributed by atoms with Crippen molar-refractivity contribution in [1.82, 2.24) is 4.98 Å². The highest BCUT2D eigenvalue weighted by molar-refractivity contribution is 7.09. The Balaban J connectivity index is 2.08. The Morgan fingerprint density at radius 2 is 2.53 bits per heavy atom. The minimum absolute atomic E-state index is 0.433. The molecule has 1 unspecified atom stereocenters. The van der Waals surface area contributed by atoms with Crippen LogP contribution in [-0.2, 0) is 16.0 Å². The molecule has 1 N–H and O–H groups in total. The molecule has 2 rings (SSSR count). The highest BCUT2D eigenvalue weighted by Gasteiger charge is 2.30. The van der Waals surface area contributed by atoms with Gasteiger partial charge in [0.1, 0.15) is 0 Å². The van der Waals surface area contributed by atoms with Gasteiger partial charge in [-0.3, -0.25) is 0 Å². The molecule has 0 aromatic carbocycles. The highest BCUT2D eigenvalue weighted by atomic mass is 32.1. The average molecular weight is 227 g/mol. The van der Waals surface area contributed by atoms with Gasteiger partial charge in [-0.25, -0.2) is 9.78 Å². The number of ether oxygens (including phenoxy) is 1. The van der Waals surface area contributed by atoms with Crippen LogP contribution in [0, 0.1) is 0 Å². The van der Waals surface area contributed by atoms with Crippen LogP contribution < -0.4 is 0 Å². The van der Waals surface area contributed by atoms with Crippen molar-refractivity contribution in [2.24, 2.45) is 0 Å². The summed E-state index contributed by atoms with van der Waals surface area (Å²) in [6.07, 6.45) is 2.05. The molecule has 0 amide bonds. The number of carboxylic acids is 1. The van der Waals surface area contributed by atoms with Crippen molar-refractivity contribution in [2.75, 3.05) is 7.11 Å². The summed E-state index contributed by atoms with van der Waals surface area (Å²) in [7, 11) is 1.43. The number of aliphatic carboxylic acids is 1. The van der Waals surface area contributed by atoms with Crippen LogP contribution in [0.1, 0.15) is 29.3 Å². The lowest BCUT2D eigenvalue weighted by molar-refractivity contribution is -0.148. The van der Waals surface area contributed by atoms with Gasteiger partial charge in [-0.15, -0.1) is 11.3 Å². The van der Waals surface area contributed by atoms with Crippen LogP contribution in [0.3, 0.4) is 0 Å². The second-order valence-electron chi connectivity index (χ2n) is 3.70. The number of rotatable bonds is 5. The predicted molar refractivity (Wildman–Crippen MR) is 56.2 cm³/mol. The molecule has 1 atom stereocenters. The fraction of sp³-hybridized carbons (Fsp3) is 0.600. The van der Waals surface area contributed by atoms with E-state index in [0.29, 0.717) is 12.3 Å². The van der Waals surface area contributed by atoms with E-state index >= 15 is 0 Å². The standard InChI is InChI=1S/C10H13NO3S/c1-14-7(10(12)13)4-8-9(6-2-3-6)11-5-15-8/h5-7H,2-4H2,1H3,(H,12,13). The molecule has 1 aliphatic carbocycles. The molecule has 1 aromatic rings. The van der Waals surface area contributed by atoms with E-state index in [4.69, 9.17) is 9.84 Å². The monoisotopic (exact) mass is 227 g/mol. The molecule has 0 bridgehead atoms. The average Bonchev–Trinajstić information content (AvgIpc) is 2.95. The minimum atomic E-state index is -0.910. The molecule has 1 saturated carbocycles. The molecule has 5 heteroatoms. The van der Waals surface area contributed by atoms with Crippen LogP contribution in [0.25, 0.3) is 0 Å². The van der Waals surface area contributed by atoms with Crippen LogP contribution in [0.5, 0.6) is 0 Å². The molecule has 4 nitrogen and oxygen atoms in total. The van der Waals surface area contributed by atoms with Crippen molar-refractivity contribution < 1.29 is 14.6 Å². The number of hydrogen-bond donors (Lipinski definition) is 1. The molecular formula is C10H13NO3S. The Kier molecular flexibility index (Phi) is 3.02. The van der Waals surface area contributed by atoms with Gasteiger partial charge in [0.25, 0.3) is 0 Å². The van der Waals surface area contributed by atoms with Crippen molar-refractivity contribution in [3.8, 4) is 0 Å². The summed E-state index contributed by atoms with van der Waals surface area (Å²) >= 11 is 1.52. The lowest BCUT2D eigenvalue weighted by atomic mass is 10.1. The maximum atomic E-state index is 10.8. The summed E-state index contributed by atoms with van der Waals surface area (Å²) in [5, 5.41) is 8.88. The first-order valence-electron chi connectivity index (χ1n) is 4.90. The summed E-state index contributed by atoms with van der Waals surface area (Å²) < 4.78 is 4.92. The lowest BCUT2D eigenvalue weighted by Gasteiger charge is -2.09. The van der Waals surface area contributed by atoms with E-state index < -0.39 is 12.1 Å². The van der Waals surface area contributed by atoms with Crippen LogP contribution >= 0.6 is 11.3 Å². The summed E-state index contributed by atoms with van der Waals surface area (Å²) in [6, 6.07) is 0. The van der Waals surface area contributed by atoms with Crippen molar-refractivity contribution in [3.63, 3.8) is 0 Å². The quantitative estimate of drug-likeness (QED) is 0.831. The van der Waals surface area contributed by atoms with E-state index in [9.17, 15) is 4.79 Å². The molecule has 0 spiro atoms. The van der Waals surface area contributed by atoms with Crippen molar-refractivity contribution in [2.45, 2.75) is 31.3 Å². The Labute approximate surface area is 91.9 Å². The zero-order chi connectivity index (χ0) is 10.8. The normalized spacial score (nSPS) is 17.7.